The Morgan fingerprint density at radius 3 is 2.86 bits per heavy atom. The molecule has 2 aliphatic heterocycles. The molecular weight excluding hydrogens is 264 g/mol. The lowest BCUT2D eigenvalue weighted by atomic mass is 10.1. The Hall–Kier alpha value is -1.55. The minimum Gasteiger partial charge on any atom is -0.487 e. The standard InChI is InChI=1S/C17H24N2O2/c1-12(2)8-9-19-11-13-10-15(19)17(20)18(3)14-6-4-5-7-16(14)21-13/h4-7,12-13,15H,8-11H2,1-3H3/t13-,15-/m0/s1. The quantitative estimate of drug-likeness (QED) is 0.857. The fourth-order valence-corrected chi connectivity index (χ4v) is 3.23. The predicted molar refractivity (Wildman–Crippen MR) is 83.7 cm³/mol. The molecular formula is C17H24N2O2. The number of hydrogen-bond acceptors (Lipinski definition) is 3. The van der Waals surface area contributed by atoms with Crippen molar-refractivity contribution < 1.29 is 9.53 Å². The highest BCUT2D eigenvalue weighted by Crippen LogP contribution is 2.35. The van der Waals surface area contributed by atoms with E-state index in [1.807, 2.05) is 31.3 Å². The minimum atomic E-state index is -0.0351. The number of rotatable bonds is 3. The first-order valence-corrected chi connectivity index (χ1v) is 7.83. The SMILES string of the molecule is CC(C)CCN1C[C@@H]2C[C@H]1C(=O)N(C)c1ccccc1O2. The maximum absolute atomic E-state index is 12.8. The predicted octanol–water partition coefficient (Wildman–Crippen LogP) is 2.53. The van der Waals surface area contributed by atoms with Crippen LogP contribution in [0.5, 0.6) is 5.75 Å². The van der Waals surface area contributed by atoms with Crippen molar-refractivity contribution in [2.45, 2.75) is 38.8 Å². The molecule has 0 spiro atoms. The molecule has 1 aromatic carbocycles. The number of nitrogens with zero attached hydrogens (tertiary/aromatic N) is 2. The number of carbonyl (C=O) groups is 1. The first kappa shape index (κ1) is 14.4. The molecule has 3 rings (SSSR count). The lowest BCUT2D eigenvalue weighted by molar-refractivity contribution is -0.122. The average Bonchev–Trinajstić information content (AvgIpc) is 2.87. The molecule has 2 aliphatic rings. The van der Waals surface area contributed by atoms with Gasteiger partial charge in [-0.15, -0.1) is 0 Å². The molecule has 114 valence electrons. The Labute approximate surface area is 126 Å². The van der Waals surface area contributed by atoms with Gasteiger partial charge in [-0.05, 0) is 31.0 Å². The van der Waals surface area contributed by atoms with Gasteiger partial charge in [-0.25, -0.2) is 0 Å². The van der Waals surface area contributed by atoms with Gasteiger partial charge in [0, 0.05) is 20.0 Å². The lowest BCUT2D eigenvalue weighted by Gasteiger charge is -2.29. The van der Waals surface area contributed by atoms with Crippen LogP contribution in [0.3, 0.4) is 0 Å². The van der Waals surface area contributed by atoms with Crippen molar-refractivity contribution >= 4 is 11.6 Å². The molecule has 2 heterocycles. The summed E-state index contributed by atoms with van der Waals surface area (Å²) in [4.78, 5) is 16.9. The minimum absolute atomic E-state index is 0.0351. The number of ether oxygens (including phenoxy) is 1. The molecule has 1 amide bonds. The molecule has 0 radical (unpaired) electrons. The van der Waals surface area contributed by atoms with Crippen LogP contribution in [0.2, 0.25) is 0 Å². The summed E-state index contributed by atoms with van der Waals surface area (Å²) in [5.41, 5.74) is 0.878. The van der Waals surface area contributed by atoms with Crippen LogP contribution in [0, 0.1) is 5.92 Å². The Bertz CT molecular complexity index is 529. The number of para-hydroxylation sites is 2. The van der Waals surface area contributed by atoms with Gasteiger partial charge in [0.05, 0.1) is 11.7 Å². The Morgan fingerprint density at radius 2 is 2.10 bits per heavy atom. The van der Waals surface area contributed by atoms with Gasteiger partial charge in [-0.1, -0.05) is 26.0 Å². The maximum Gasteiger partial charge on any atom is 0.244 e. The lowest BCUT2D eigenvalue weighted by Crippen LogP contribution is -2.44. The second-order valence-corrected chi connectivity index (χ2v) is 6.53. The average molecular weight is 288 g/mol. The van der Waals surface area contributed by atoms with Crippen molar-refractivity contribution in [2.24, 2.45) is 5.92 Å². The van der Waals surface area contributed by atoms with Gasteiger partial charge in [0.2, 0.25) is 5.91 Å². The number of likely N-dealkylation sites (tertiary alicyclic amines) is 1. The van der Waals surface area contributed by atoms with Crippen molar-refractivity contribution in [3.8, 4) is 5.75 Å². The molecule has 4 heteroatoms. The van der Waals surface area contributed by atoms with Crippen LogP contribution >= 0.6 is 0 Å². The van der Waals surface area contributed by atoms with Gasteiger partial charge in [-0.3, -0.25) is 9.69 Å². The molecule has 0 saturated carbocycles. The van der Waals surface area contributed by atoms with Crippen LogP contribution in [0.4, 0.5) is 5.69 Å². The summed E-state index contributed by atoms with van der Waals surface area (Å²) in [7, 11) is 1.85. The van der Waals surface area contributed by atoms with Crippen LogP contribution in [-0.4, -0.2) is 43.1 Å². The zero-order valence-electron chi connectivity index (χ0n) is 13.1. The van der Waals surface area contributed by atoms with E-state index in [1.165, 1.54) is 0 Å². The van der Waals surface area contributed by atoms with E-state index in [2.05, 4.69) is 18.7 Å². The molecule has 1 aromatic rings. The molecule has 2 bridgehead atoms. The first-order chi connectivity index (χ1) is 10.1. The first-order valence-electron chi connectivity index (χ1n) is 7.83. The van der Waals surface area contributed by atoms with Crippen molar-refractivity contribution in [2.75, 3.05) is 25.0 Å². The van der Waals surface area contributed by atoms with Gasteiger partial charge in [0.15, 0.2) is 0 Å². The Kier molecular flexibility index (Phi) is 3.89. The number of likely N-dealkylation sites (N-methyl/N-ethyl adjacent to an activating group) is 1. The van der Waals surface area contributed by atoms with Gasteiger partial charge in [-0.2, -0.15) is 0 Å². The van der Waals surface area contributed by atoms with E-state index in [1.54, 1.807) is 4.90 Å². The second kappa shape index (κ2) is 5.68. The number of hydrogen-bond donors (Lipinski definition) is 0. The zero-order valence-corrected chi connectivity index (χ0v) is 13.1. The summed E-state index contributed by atoms with van der Waals surface area (Å²) in [5, 5.41) is 0. The van der Waals surface area contributed by atoms with Crippen molar-refractivity contribution in [1.82, 2.24) is 4.90 Å². The third-order valence-electron chi connectivity index (χ3n) is 4.49. The molecule has 0 aliphatic carbocycles. The number of carbonyl (C=O) groups excluding carboxylic acids is 1. The van der Waals surface area contributed by atoms with Gasteiger partial charge in [0.1, 0.15) is 11.9 Å². The van der Waals surface area contributed by atoms with E-state index in [4.69, 9.17) is 4.74 Å². The number of benzene rings is 1. The molecule has 21 heavy (non-hydrogen) atoms. The smallest absolute Gasteiger partial charge is 0.244 e. The molecule has 4 nitrogen and oxygen atoms in total. The number of amides is 1. The van der Waals surface area contributed by atoms with E-state index >= 15 is 0 Å². The zero-order chi connectivity index (χ0) is 15.0. The van der Waals surface area contributed by atoms with E-state index in [0.29, 0.717) is 5.92 Å². The summed E-state index contributed by atoms with van der Waals surface area (Å²) in [6.07, 6.45) is 2.05. The van der Waals surface area contributed by atoms with Crippen LogP contribution < -0.4 is 9.64 Å². The fourth-order valence-electron chi connectivity index (χ4n) is 3.23. The maximum atomic E-state index is 12.8. The summed E-state index contributed by atoms with van der Waals surface area (Å²) < 4.78 is 6.15. The highest BCUT2D eigenvalue weighted by Gasteiger charge is 2.41. The molecule has 2 atom stereocenters. The topological polar surface area (TPSA) is 32.8 Å². The van der Waals surface area contributed by atoms with E-state index < -0.39 is 0 Å². The van der Waals surface area contributed by atoms with Crippen LogP contribution in [0.15, 0.2) is 24.3 Å². The van der Waals surface area contributed by atoms with E-state index in [9.17, 15) is 4.79 Å². The third-order valence-corrected chi connectivity index (χ3v) is 4.49. The summed E-state index contributed by atoms with van der Waals surface area (Å²) in [6, 6.07) is 7.78. The van der Waals surface area contributed by atoms with Crippen molar-refractivity contribution in [3.05, 3.63) is 24.3 Å². The summed E-state index contributed by atoms with van der Waals surface area (Å²) >= 11 is 0. The Morgan fingerprint density at radius 1 is 1.33 bits per heavy atom. The highest BCUT2D eigenvalue weighted by molar-refractivity contribution is 5.98. The molecule has 0 unspecified atom stereocenters. The van der Waals surface area contributed by atoms with Gasteiger partial charge in [0.25, 0.3) is 0 Å². The molecule has 1 saturated heterocycles. The molecule has 1 fully saturated rings. The van der Waals surface area contributed by atoms with Gasteiger partial charge >= 0.3 is 0 Å². The monoisotopic (exact) mass is 288 g/mol. The van der Waals surface area contributed by atoms with E-state index in [0.717, 1.165) is 37.4 Å². The van der Waals surface area contributed by atoms with Gasteiger partial charge < -0.3 is 9.64 Å². The molecule has 0 N–H and O–H groups in total. The number of anilines is 1. The highest BCUT2D eigenvalue weighted by atomic mass is 16.5. The van der Waals surface area contributed by atoms with Crippen LogP contribution in [0.25, 0.3) is 0 Å². The van der Waals surface area contributed by atoms with E-state index in [-0.39, 0.29) is 18.1 Å². The van der Waals surface area contributed by atoms with Crippen molar-refractivity contribution in [1.29, 1.82) is 0 Å². The normalized spacial score (nSPS) is 25.5. The second-order valence-electron chi connectivity index (χ2n) is 6.53. The number of fused-ring (bicyclic) bond motifs is 3. The summed E-state index contributed by atoms with van der Waals surface area (Å²) in [5.74, 6) is 1.67. The van der Waals surface area contributed by atoms with Crippen molar-refractivity contribution in [3.63, 3.8) is 0 Å². The largest absolute Gasteiger partial charge is 0.487 e. The van der Waals surface area contributed by atoms with Crippen LogP contribution in [-0.2, 0) is 4.79 Å². The summed E-state index contributed by atoms with van der Waals surface area (Å²) in [6.45, 7) is 6.27. The fraction of sp³-hybridized carbons (Fsp3) is 0.588. The van der Waals surface area contributed by atoms with Crippen LogP contribution in [0.1, 0.15) is 26.7 Å². The third kappa shape index (κ3) is 2.77. The Balaban J connectivity index is 1.85. The molecule has 0 aromatic heterocycles.